The van der Waals surface area contributed by atoms with Gasteiger partial charge < -0.3 is 10.0 Å². The number of aryl methyl sites for hydroxylation is 1. The summed E-state index contributed by atoms with van der Waals surface area (Å²) in [5.74, 6) is -0.734. The fourth-order valence-corrected chi connectivity index (χ4v) is 4.23. The van der Waals surface area contributed by atoms with Gasteiger partial charge in [-0.05, 0) is 43.2 Å². The molecule has 1 atom stereocenters. The zero-order chi connectivity index (χ0) is 18.1. The van der Waals surface area contributed by atoms with Crippen LogP contribution in [0.15, 0.2) is 36.7 Å². The number of aromatic nitrogens is 2. The van der Waals surface area contributed by atoms with Crippen LogP contribution in [0, 0.1) is 0 Å². The number of carbonyl (C=O) groups is 2. The van der Waals surface area contributed by atoms with Crippen molar-refractivity contribution >= 4 is 11.9 Å². The maximum Gasteiger partial charge on any atom is 0.338 e. The summed E-state index contributed by atoms with van der Waals surface area (Å²) in [5.41, 5.74) is 2.72. The van der Waals surface area contributed by atoms with Gasteiger partial charge >= 0.3 is 5.97 Å². The summed E-state index contributed by atoms with van der Waals surface area (Å²) in [5, 5.41) is 13.2. The zero-order valence-electron chi connectivity index (χ0n) is 14.7. The van der Waals surface area contributed by atoms with E-state index in [9.17, 15) is 9.59 Å². The minimum Gasteiger partial charge on any atom is -0.478 e. The highest BCUT2D eigenvalue weighted by Crippen LogP contribution is 2.34. The second-order valence-corrected chi connectivity index (χ2v) is 7.21. The molecule has 1 aromatic heterocycles. The Morgan fingerprint density at radius 2 is 1.88 bits per heavy atom. The number of rotatable bonds is 3. The van der Waals surface area contributed by atoms with E-state index in [1.165, 1.54) is 17.3 Å². The average Bonchev–Trinajstić information content (AvgIpc) is 3.18. The molecule has 1 N–H and O–H groups in total. The van der Waals surface area contributed by atoms with Crippen LogP contribution in [0.25, 0.3) is 0 Å². The molecule has 0 radical (unpaired) electrons. The summed E-state index contributed by atoms with van der Waals surface area (Å²) in [4.78, 5) is 26.1. The summed E-state index contributed by atoms with van der Waals surface area (Å²) in [7, 11) is 0. The fraction of sp³-hybridized carbons (Fsp3) is 0.450. The molecule has 1 amide bonds. The molecule has 2 aromatic rings. The molecule has 6 nitrogen and oxygen atoms in total. The number of carboxylic acid groups (broad SMARTS) is 1. The van der Waals surface area contributed by atoms with E-state index in [1.54, 1.807) is 10.9 Å². The van der Waals surface area contributed by atoms with Crippen LogP contribution in [0.2, 0.25) is 0 Å². The number of carbonyl (C=O) groups excluding carboxylic acids is 1. The predicted octanol–water partition coefficient (Wildman–Crippen LogP) is 2.86. The highest BCUT2D eigenvalue weighted by atomic mass is 16.4. The van der Waals surface area contributed by atoms with Crippen molar-refractivity contribution in [2.24, 2.45) is 0 Å². The first-order valence-electron chi connectivity index (χ1n) is 9.27. The van der Waals surface area contributed by atoms with Gasteiger partial charge in [-0.1, -0.05) is 24.3 Å². The number of likely N-dealkylation sites (tertiary alicyclic amines) is 1. The molecule has 1 fully saturated rings. The van der Waals surface area contributed by atoms with Crippen molar-refractivity contribution in [2.45, 2.75) is 44.1 Å². The lowest BCUT2D eigenvalue weighted by Gasteiger charge is -2.36. The molecule has 0 saturated carbocycles. The molecule has 1 aliphatic heterocycles. The Hall–Kier alpha value is -2.63. The van der Waals surface area contributed by atoms with E-state index in [0.717, 1.165) is 32.1 Å². The monoisotopic (exact) mass is 353 g/mol. The minimum absolute atomic E-state index is 0.0141. The first-order valence-corrected chi connectivity index (χ1v) is 9.27. The molecule has 6 heteroatoms. The van der Waals surface area contributed by atoms with Gasteiger partial charge in [0.25, 0.3) is 0 Å². The topological polar surface area (TPSA) is 75.4 Å². The number of hydrogen-bond donors (Lipinski definition) is 1. The first-order chi connectivity index (χ1) is 12.6. The normalized spacial score (nSPS) is 20.6. The van der Waals surface area contributed by atoms with Gasteiger partial charge in [-0.25, -0.2) is 4.79 Å². The number of benzene rings is 1. The smallest absolute Gasteiger partial charge is 0.338 e. The molecule has 1 saturated heterocycles. The number of amides is 1. The standard InChI is InChI=1S/C20H23N3O3/c24-19(18-7-3-5-14-4-1-2-6-17(14)18)22-10-8-16(9-11-22)23-13-15(12-21-23)20(25)26/h1-2,4,6,12-13,16,18H,3,5,7-11H2,(H,25,26). The van der Waals surface area contributed by atoms with E-state index in [4.69, 9.17) is 5.11 Å². The van der Waals surface area contributed by atoms with Gasteiger partial charge in [0.1, 0.15) is 0 Å². The van der Waals surface area contributed by atoms with Crippen LogP contribution in [0.5, 0.6) is 0 Å². The number of aromatic carboxylic acids is 1. The second-order valence-electron chi connectivity index (χ2n) is 7.21. The van der Waals surface area contributed by atoms with Crippen LogP contribution < -0.4 is 0 Å². The van der Waals surface area contributed by atoms with Crippen LogP contribution in [0.3, 0.4) is 0 Å². The predicted molar refractivity (Wildman–Crippen MR) is 96.2 cm³/mol. The molecule has 1 unspecified atom stereocenters. The van der Waals surface area contributed by atoms with Gasteiger partial charge in [-0.15, -0.1) is 0 Å². The van der Waals surface area contributed by atoms with Gasteiger partial charge in [0.2, 0.25) is 5.91 Å². The highest BCUT2D eigenvalue weighted by Gasteiger charge is 2.32. The van der Waals surface area contributed by atoms with E-state index in [1.807, 2.05) is 17.0 Å². The van der Waals surface area contributed by atoms with Gasteiger partial charge in [0.15, 0.2) is 0 Å². The lowest BCUT2D eigenvalue weighted by molar-refractivity contribution is -0.134. The van der Waals surface area contributed by atoms with E-state index < -0.39 is 5.97 Å². The largest absolute Gasteiger partial charge is 0.478 e. The van der Waals surface area contributed by atoms with Crippen molar-refractivity contribution in [1.82, 2.24) is 14.7 Å². The Bertz CT molecular complexity index is 821. The van der Waals surface area contributed by atoms with Crippen molar-refractivity contribution < 1.29 is 14.7 Å². The molecule has 1 aromatic carbocycles. The third-order valence-electron chi connectivity index (χ3n) is 5.67. The second kappa shape index (κ2) is 6.94. The summed E-state index contributed by atoms with van der Waals surface area (Å²) in [6, 6.07) is 8.46. The lowest BCUT2D eigenvalue weighted by atomic mass is 9.82. The Labute approximate surface area is 152 Å². The molecule has 4 rings (SSSR count). The van der Waals surface area contributed by atoms with Crippen LogP contribution in [-0.2, 0) is 11.2 Å². The first kappa shape index (κ1) is 16.8. The number of piperidine rings is 1. The number of hydrogen-bond acceptors (Lipinski definition) is 3. The van der Waals surface area contributed by atoms with Crippen LogP contribution in [-0.4, -0.2) is 44.8 Å². The van der Waals surface area contributed by atoms with Crippen molar-refractivity contribution in [3.05, 3.63) is 53.3 Å². The van der Waals surface area contributed by atoms with Crippen molar-refractivity contribution in [3.8, 4) is 0 Å². The molecule has 26 heavy (non-hydrogen) atoms. The SMILES string of the molecule is O=C(O)c1cnn(C2CCN(C(=O)C3CCCc4ccccc43)CC2)c1. The van der Waals surface area contributed by atoms with E-state index in [2.05, 4.69) is 17.2 Å². The fourth-order valence-electron chi connectivity index (χ4n) is 4.23. The Kier molecular flexibility index (Phi) is 4.49. The molecule has 0 spiro atoms. The van der Waals surface area contributed by atoms with Crippen molar-refractivity contribution in [3.63, 3.8) is 0 Å². The van der Waals surface area contributed by atoms with Crippen LogP contribution in [0.1, 0.15) is 59.1 Å². The summed E-state index contributed by atoms with van der Waals surface area (Å²) < 4.78 is 1.74. The van der Waals surface area contributed by atoms with E-state index in [0.29, 0.717) is 13.1 Å². The van der Waals surface area contributed by atoms with Gasteiger partial charge in [-0.2, -0.15) is 5.10 Å². The van der Waals surface area contributed by atoms with Gasteiger partial charge in [-0.3, -0.25) is 9.48 Å². The average molecular weight is 353 g/mol. The number of fused-ring (bicyclic) bond motifs is 1. The molecule has 1 aliphatic carbocycles. The van der Waals surface area contributed by atoms with Crippen molar-refractivity contribution in [2.75, 3.05) is 13.1 Å². The molecule has 2 heterocycles. The van der Waals surface area contributed by atoms with Gasteiger partial charge in [0, 0.05) is 19.3 Å². The zero-order valence-corrected chi connectivity index (χ0v) is 14.7. The van der Waals surface area contributed by atoms with E-state index >= 15 is 0 Å². The van der Waals surface area contributed by atoms with E-state index in [-0.39, 0.29) is 23.4 Å². The molecule has 0 bridgehead atoms. The highest BCUT2D eigenvalue weighted by molar-refractivity contribution is 5.87. The maximum atomic E-state index is 13.1. The van der Waals surface area contributed by atoms with Crippen molar-refractivity contribution in [1.29, 1.82) is 0 Å². The number of nitrogens with zero attached hydrogens (tertiary/aromatic N) is 3. The number of carboxylic acids is 1. The molecule has 136 valence electrons. The maximum absolute atomic E-state index is 13.1. The third kappa shape index (κ3) is 3.11. The minimum atomic E-state index is -0.958. The molecular weight excluding hydrogens is 330 g/mol. The summed E-state index contributed by atoms with van der Waals surface area (Å²) in [6.07, 6.45) is 7.64. The lowest BCUT2D eigenvalue weighted by Crippen LogP contribution is -2.42. The molecular formula is C20H23N3O3. The van der Waals surface area contributed by atoms with Crippen LogP contribution in [0.4, 0.5) is 0 Å². The Morgan fingerprint density at radius 3 is 2.62 bits per heavy atom. The summed E-state index contributed by atoms with van der Waals surface area (Å²) in [6.45, 7) is 1.40. The van der Waals surface area contributed by atoms with Gasteiger partial charge in [0.05, 0.1) is 23.7 Å². The summed E-state index contributed by atoms with van der Waals surface area (Å²) >= 11 is 0. The molecule has 2 aliphatic rings. The Morgan fingerprint density at radius 1 is 1.12 bits per heavy atom. The quantitative estimate of drug-likeness (QED) is 0.921. The third-order valence-corrected chi connectivity index (χ3v) is 5.67. The van der Waals surface area contributed by atoms with Crippen LogP contribution >= 0.6 is 0 Å². The Balaban J connectivity index is 1.42.